The molecule has 1 saturated heterocycles. The van der Waals surface area contributed by atoms with E-state index in [0.717, 1.165) is 12.8 Å². The van der Waals surface area contributed by atoms with Crippen LogP contribution in [-0.4, -0.2) is 30.2 Å². The van der Waals surface area contributed by atoms with Gasteiger partial charge in [-0.15, -0.1) is 0 Å². The van der Waals surface area contributed by atoms with Gasteiger partial charge >= 0.3 is 5.51 Å². The molecule has 116 valence electrons. The normalized spacial score (nSPS) is 20.3. The first-order valence-corrected chi connectivity index (χ1v) is 7.45. The van der Waals surface area contributed by atoms with Crippen molar-refractivity contribution in [1.29, 1.82) is 0 Å². The van der Waals surface area contributed by atoms with Gasteiger partial charge in [-0.2, -0.15) is 13.2 Å². The lowest BCUT2D eigenvalue weighted by molar-refractivity contribution is -0.0328. The van der Waals surface area contributed by atoms with Gasteiger partial charge in [0.15, 0.2) is 0 Å². The van der Waals surface area contributed by atoms with Gasteiger partial charge in [-0.05, 0) is 55.8 Å². The number of rotatable bonds is 4. The van der Waals surface area contributed by atoms with Gasteiger partial charge in [0.1, 0.15) is 0 Å². The fraction of sp³-hybridized carbons (Fsp3) is 0.500. The number of carbonyl (C=O) groups excluding carboxylic acids is 1. The van der Waals surface area contributed by atoms with E-state index in [1.54, 1.807) is 0 Å². The Hall–Kier alpha value is -1.21. The first-order chi connectivity index (χ1) is 9.85. The van der Waals surface area contributed by atoms with Crippen LogP contribution in [-0.2, 0) is 4.74 Å². The summed E-state index contributed by atoms with van der Waals surface area (Å²) in [5, 5.41) is 2.81. The molecule has 1 N–H and O–H groups in total. The van der Waals surface area contributed by atoms with Gasteiger partial charge in [0.25, 0.3) is 5.91 Å². The SMILES string of the molecule is C[C@H](NC(=O)c1ccc(SC(F)(F)F)cc1)[C@@H]1CCCO1. The number of hydrogen-bond acceptors (Lipinski definition) is 3. The first kappa shape index (κ1) is 16.2. The zero-order valence-corrected chi connectivity index (χ0v) is 12.3. The highest BCUT2D eigenvalue weighted by Gasteiger charge is 2.29. The summed E-state index contributed by atoms with van der Waals surface area (Å²) >= 11 is -0.196. The van der Waals surface area contributed by atoms with E-state index in [4.69, 9.17) is 4.74 Å². The third-order valence-electron chi connectivity index (χ3n) is 3.23. The number of benzene rings is 1. The summed E-state index contributed by atoms with van der Waals surface area (Å²) in [4.78, 5) is 12.1. The predicted octanol–water partition coefficient (Wildman–Crippen LogP) is 3.60. The van der Waals surface area contributed by atoms with Gasteiger partial charge in [0.05, 0.1) is 12.1 Å². The van der Waals surface area contributed by atoms with Crippen LogP contribution in [0, 0.1) is 0 Å². The Morgan fingerprint density at radius 2 is 2.05 bits per heavy atom. The molecule has 0 unspecified atom stereocenters. The van der Waals surface area contributed by atoms with Crippen LogP contribution in [0.25, 0.3) is 0 Å². The summed E-state index contributed by atoms with van der Waals surface area (Å²) < 4.78 is 42.1. The van der Waals surface area contributed by atoms with Gasteiger partial charge in [-0.25, -0.2) is 0 Å². The molecule has 1 amide bonds. The van der Waals surface area contributed by atoms with E-state index in [-0.39, 0.29) is 34.7 Å². The minimum Gasteiger partial charge on any atom is -0.376 e. The largest absolute Gasteiger partial charge is 0.446 e. The molecule has 3 nitrogen and oxygen atoms in total. The van der Waals surface area contributed by atoms with Crippen molar-refractivity contribution >= 4 is 17.7 Å². The second-order valence-electron chi connectivity index (χ2n) is 4.89. The van der Waals surface area contributed by atoms with Crippen LogP contribution in [0.2, 0.25) is 0 Å². The number of hydrogen-bond donors (Lipinski definition) is 1. The maximum absolute atomic E-state index is 12.2. The molecule has 1 aromatic rings. The van der Waals surface area contributed by atoms with Crippen molar-refractivity contribution in [2.45, 2.75) is 42.3 Å². The summed E-state index contributed by atoms with van der Waals surface area (Å²) in [5.74, 6) is -0.304. The molecule has 0 bridgehead atoms. The lowest BCUT2D eigenvalue weighted by Crippen LogP contribution is -2.40. The molecule has 0 radical (unpaired) electrons. The molecule has 21 heavy (non-hydrogen) atoms. The molecule has 2 rings (SSSR count). The van der Waals surface area contributed by atoms with Crippen LogP contribution in [0.1, 0.15) is 30.1 Å². The molecule has 1 aliphatic heterocycles. The second kappa shape index (κ2) is 6.70. The smallest absolute Gasteiger partial charge is 0.376 e. The molecule has 7 heteroatoms. The molecule has 0 saturated carbocycles. The lowest BCUT2D eigenvalue weighted by atomic mass is 10.1. The van der Waals surface area contributed by atoms with Crippen molar-refractivity contribution in [2.75, 3.05) is 6.61 Å². The minimum absolute atomic E-state index is 0.00834. The van der Waals surface area contributed by atoms with E-state index in [1.165, 1.54) is 24.3 Å². The fourth-order valence-electron chi connectivity index (χ4n) is 2.19. The maximum Gasteiger partial charge on any atom is 0.446 e. The third-order valence-corrected chi connectivity index (χ3v) is 3.97. The first-order valence-electron chi connectivity index (χ1n) is 6.63. The average molecular weight is 319 g/mol. The Morgan fingerprint density at radius 1 is 1.38 bits per heavy atom. The highest BCUT2D eigenvalue weighted by molar-refractivity contribution is 8.00. The van der Waals surface area contributed by atoms with E-state index >= 15 is 0 Å². The Bertz CT molecular complexity index is 484. The standard InChI is InChI=1S/C14H16F3NO2S/c1-9(12-3-2-8-20-12)18-13(19)10-4-6-11(7-5-10)21-14(15,16)17/h4-7,9,12H,2-3,8H2,1H3,(H,18,19)/t9-,12-/m0/s1. The number of ether oxygens (including phenoxy) is 1. The molecule has 1 heterocycles. The van der Waals surface area contributed by atoms with Gasteiger partial charge in [-0.3, -0.25) is 4.79 Å². The van der Waals surface area contributed by atoms with Crippen LogP contribution in [0.3, 0.4) is 0 Å². The van der Waals surface area contributed by atoms with E-state index in [2.05, 4.69) is 5.32 Å². The van der Waals surface area contributed by atoms with Crippen LogP contribution in [0.15, 0.2) is 29.2 Å². The highest BCUT2D eigenvalue weighted by Crippen LogP contribution is 2.36. The molecule has 0 aliphatic carbocycles. The molecule has 1 aromatic carbocycles. The molecular weight excluding hydrogens is 303 g/mol. The highest BCUT2D eigenvalue weighted by atomic mass is 32.2. The Balaban J connectivity index is 1.93. The van der Waals surface area contributed by atoms with Crippen LogP contribution < -0.4 is 5.32 Å². The van der Waals surface area contributed by atoms with E-state index in [9.17, 15) is 18.0 Å². The number of halogens is 3. The van der Waals surface area contributed by atoms with E-state index < -0.39 is 5.51 Å². The summed E-state index contributed by atoms with van der Waals surface area (Å²) in [7, 11) is 0. The van der Waals surface area contributed by atoms with Crippen LogP contribution >= 0.6 is 11.8 Å². The molecular formula is C14H16F3NO2S. The van der Waals surface area contributed by atoms with E-state index in [0.29, 0.717) is 12.2 Å². The van der Waals surface area contributed by atoms with Crippen molar-refractivity contribution in [3.8, 4) is 0 Å². The van der Waals surface area contributed by atoms with E-state index in [1.807, 2.05) is 6.92 Å². The molecule has 1 fully saturated rings. The maximum atomic E-state index is 12.2. The summed E-state index contributed by atoms with van der Waals surface area (Å²) in [6, 6.07) is 5.26. The fourth-order valence-corrected chi connectivity index (χ4v) is 2.73. The number of thioether (sulfide) groups is 1. The van der Waals surface area contributed by atoms with Crippen molar-refractivity contribution in [1.82, 2.24) is 5.32 Å². The second-order valence-corrected chi connectivity index (χ2v) is 6.02. The minimum atomic E-state index is -4.32. The Labute approximate surface area is 125 Å². The topological polar surface area (TPSA) is 38.3 Å². The number of carbonyl (C=O) groups is 1. The van der Waals surface area contributed by atoms with Crippen LogP contribution in [0.5, 0.6) is 0 Å². The molecule has 2 atom stereocenters. The molecule has 1 aliphatic rings. The quantitative estimate of drug-likeness (QED) is 0.862. The zero-order chi connectivity index (χ0) is 15.5. The van der Waals surface area contributed by atoms with Crippen molar-refractivity contribution < 1.29 is 22.7 Å². The summed E-state index contributed by atoms with van der Waals surface area (Å²) in [6.45, 7) is 2.57. The Morgan fingerprint density at radius 3 is 2.57 bits per heavy atom. The summed E-state index contributed by atoms with van der Waals surface area (Å²) in [5.41, 5.74) is -3.98. The predicted molar refractivity (Wildman–Crippen MR) is 74.3 cm³/mol. The monoisotopic (exact) mass is 319 g/mol. The van der Waals surface area contributed by atoms with Crippen molar-refractivity contribution in [3.05, 3.63) is 29.8 Å². The van der Waals surface area contributed by atoms with Gasteiger partial charge < -0.3 is 10.1 Å². The number of alkyl halides is 3. The number of amides is 1. The lowest BCUT2D eigenvalue weighted by Gasteiger charge is -2.20. The third kappa shape index (κ3) is 4.93. The van der Waals surface area contributed by atoms with Gasteiger partial charge in [0.2, 0.25) is 0 Å². The number of nitrogens with one attached hydrogen (secondary N) is 1. The Kier molecular flexibility index (Phi) is 5.16. The van der Waals surface area contributed by atoms with Crippen molar-refractivity contribution in [3.63, 3.8) is 0 Å². The molecule has 0 aromatic heterocycles. The van der Waals surface area contributed by atoms with Gasteiger partial charge in [-0.1, -0.05) is 0 Å². The summed E-state index contributed by atoms with van der Waals surface area (Å²) in [6.07, 6.45) is 1.89. The van der Waals surface area contributed by atoms with Gasteiger partial charge in [0, 0.05) is 17.1 Å². The zero-order valence-electron chi connectivity index (χ0n) is 11.4. The van der Waals surface area contributed by atoms with Crippen molar-refractivity contribution in [2.24, 2.45) is 0 Å². The molecule has 0 spiro atoms. The van der Waals surface area contributed by atoms with Crippen LogP contribution in [0.4, 0.5) is 13.2 Å². The average Bonchev–Trinajstić information content (AvgIpc) is 2.91.